The molecule has 0 unspecified atom stereocenters. The Morgan fingerprint density at radius 2 is 1.55 bits per heavy atom. The van der Waals surface area contributed by atoms with Gasteiger partial charge < -0.3 is 15.8 Å². The van der Waals surface area contributed by atoms with E-state index in [1.807, 2.05) is 44.2 Å². The summed E-state index contributed by atoms with van der Waals surface area (Å²) in [6.45, 7) is 8.78. The minimum atomic E-state index is -4.28. The van der Waals surface area contributed by atoms with Gasteiger partial charge >= 0.3 is 6.09 Å². The van der Waals surface area contributed by atoms with Crippen LogP contribution in [0.3, 0.4) is 0 Å². The number of nitrogens with two attached hydrogens (primary N) is 1. The number of amides is 2. The van der Waals surface area contributed by atoms with Gasteiger partial charge in [-0.05, 0) is 51.3 Å². The van der Waals surface area contributed by atoms with Crippen molar-refractivity contribution < 1.29 is 22.7 Å². The Hall–Kier alpha value is -3.99. The number of nitrogens with one attached hydrogen (secondary N) is 2. The van der Waals surface area contributed by atoms with Crippen molar-refractivity contribution in [1.82, 2.24) is 20.0 Å². The number of ether oxygens (including phenoxy) is 1. The highest BCUT2D eigenvalue weighted by atomic mass is 32.2. The molecule has 1 aromatic heterocycles. The van der Waals surface area contributed by atoms with Crippen LogP contribution >= 0.6 is 0 Å². The fourth-order valence-electron chi connectivity index (χ4n) is 3.61. The summed E-state index contributed by atoms with van der Waals surface area (Å²) in [5.74, 6) is -0.839. The van der Waals surface area contributed by atoms with Crippen molar-refractivity contribution in [2.75, 3.05) is 5.73 Å². The van der Waals surface area contributed by atoms with Gasteiger partial charge in [-0.25, -0.2) is 27.9 Å². The van der Waals surface area contributed by atoms with E-state index < -0.39 is 33.7 Å². The molecule has 11 heteroatoms. The van der Waals surface area contributed by atoms with Crippen LogP contribution in [0.5, 0.6) is 0 Å². The van der Waals surface area contributed by atoms with Crippen molar-refractivity contribution in [3.63, 3.8) is 0 Å². The van der Waals surface area contributed by atoms with Gasteiger partial charge in [0.1, 0.15) is 11.6 Å². The lowest BCUT2D eigenvalue weighted by Crippen LogP contribution is -2.50. The van der Waals surface area contributed by atoms with Crippen molar-refractivity contribution in [2.45, 2.75) is 57.6 Å². The van der Waals surface area contributed by atoms with Gasteiger partial charge in [0, 0.05) is 11.1 Å². The van der Waals surface area contributed by atoms with E-state index >= 15 is 0 Å². The Bertz CT molecular complexity index is 1400. The van der Waals surface area contributed by atoms with Gasteiger partial charge in [0.05, 0.1) is 16.3 Å². The number of benzene rings is 2. The van der Waals surface area contributed by atoms with Gasteiger partial charge in [0.2, 0.25) is 5.95 Å². The fourth-order valence-corrected chi connectivity index (χ4v) is 4.67. The molecule has 10 nitrogen and oxygen atoms in total. The Balaban J connectivity index is 1.86. The number of nitrogen functional groups attached to an aromatic ring is 1. The number of carbonyl (C=O) groups excluding carboxylic acids is 2. The van der Waals surface area contributed by atoms with Crippen molar-refractivity contribution in [3.8, 4) is 22.5 Å². The SMILES string of the molecule is CC(C)C[C@H](NC(=O)OC(C)(C)C)C(=O)NS(=O)(=O)c1cccc(-c2cc(-c3ccccc3)nc(N)n2)c1. The second-order valence-corrected chi connectivity index (χ2v) is 11.9. The molecule has 1 atom stereocenters. The van der Waals surface area contributed by atoms with Crippen LogP contribution in [0, 0.1) is 5.92 Å². The third-order valence-electron chi connectivity index (χ3n) is 5.20. The molecule has 202 valence electrons. The van der Waals surface area contributed by atoms with Crippen LogP contribution in [0.25, 0.3) is 22.5 Å². The number of carbonyl (C=O) groups is 2. The lowest BCUT2D eigenvalue weighted by Gasteiger charge is -2.24. The summed E-state index contributed by atoms with van der Waals surface area (Å²) >= 11 is 0. The molecule has 4 N–H and O–H groups in total. The minimum absolute atomic E-state index is 0.00579. The molecular weight excluding hydrogens is 506 g/mol. The van der Waals surface area contributed by atoms with Crippen molar-refractivity contribution >= 4 is 28.0 Å². The highest BCUT2D eigenvalue weighted by Crippen LogP contribution is 2.26. The third-order valence-corrected chi connectivity index (χ3v) is 6.55. The summed E-state index contributed by atoms with van der Waals surface area (Å²) < 4.78 is 33.6. The third kappa shape index (κ3) is 8.01. The van der Waals surface area contributed by atoms with Gasteiger partial charge in [-0.3, -0.25) is 4.79 Å². The van der Waals surface area contributed by atoms with E-state index in [0.717, 1.165) is 5.56 Å². The first kappa shape index (κ1) is 28.6. The lowest BCUT2D eigenvalue weighted by atomic mass is 10.0. The first-order valence-electron chi connectivity index (χ1n) is 12.1. The van der Waals surface area contributed by atoms with E-state index in [0.29, 0.717) is 17.0 Å². The Kier molecular flexibility index (Phi) is 8.72. The first-order chi connectivity index (χ1) is 17.7. The highest BCUT2D eigenvalue weighted by Gasteiger charge is 2.29. The number of alkyl carbamates (subject to hydrolysis) is 1. The number of aromatic nitrogens is 2. The molecule has 0 bridgehead atoms. The minimum Gasteiger partial charge on any atom is -0.444 e. The first-order valence-corrected chi connectivity index (χ1v) is 13.6. The van der Waals surface area contributed by atoms with E-state index in [4.69, 9.17) is 10.5 Å². The molecule has 0 aliphatic heterocycles. The van der Waals surface area contributed by atoms with Crippen LogP contribution in [0.4, 0.5) is 10.7 Å². The molecule has 0 radical (unpaired) electrons. The normalized spacial score (nSPS) is 12.6. The summed E-state index contributed by atoms with van der Waals surface area (Å²) in [4.78, 5) is 33.6. The average molecular weight is 540 g/mol. The second kappa shape index (κ2) is 11.6. The maximum Gasteiger partial charge on any atom is 0.408 e. The van der Waals surface area contributed by atoms with Gasteiger partial charge in [0.15, 0.2) is 0 Å². The molecule has 2 aromatic carbocycles. The maximum atomic E-state index is 13.2. The average Bonchev–Trinajstić information content (AvgIpc) is 2.82. The molecule has 0 aliphatic carbocycles. The molecule has 0 spiro atoms. The molecular formula is C27H33N5O5S. The van der Waals surface area contributed by atoms with Gasteiger partial charge in [0.25, 0.3) is 15.9 Å². The molecule has 3 aromatic rings. The number of hydrogen-bond donors (Lipinski definition) is 3. The molecule has 2 amide bonds. The highest BCUT2D eigenvalue weighted by molar-refractivity contribution is 7.90. The molecule has 0 aliphatic rings. The molecule has 0 saturated carbocycles. The van der Waals surface area contributed by atoms with E-state index in [-0.39, 0.29) is 23.2 Å². The van der Waals surface area contributed by atoms with Crippen molar-refractivity contribution in [2.24, 2.45) is 5.92 Å². The molecule has 3 rings (SSSR count). The van der Waals surface area contributed by atoms with Crippen LogP contribution < -0.4 is 15.8 Å². The Labute approximate surface area is 223 Å². The van der Waals surface area contributed by atoms with Crippen LogP contribution in [0.1, 0.15) is 41.0 Å². The van der Waals surface area contributed by atoms with E-state index in [1.165, 1.54) is 12.1 Å². The summed E-state index contributed by atoms with van der Waals surface area (Å²) in [7, 11) is -4.28. The predicted molar refractivity (Wildman–Crippen MR) is 145 cm³/mol. The standard InChI is InChI=1S/C27H33N5O5S/c1-17(2)14-23(31-26(34)37-27(3,4)5)24(33)32-38(35,36)20-13-9-12-19(15-20)22-16-21(29-25(28)30-22)18-10-7-6-8-11-18/h6-13,15-17,23H,14H2,1-5H3,(H,31,34)(H,32,33)(H2,28,29,30)/t23-/m0/s1. The number of nitrogens with zero attached hydrogens (tertiary/aromatic N) is 2. The zero-order chi connectivity index (χ0) is 28.1. The quantitative estimate of drug-likeness (QED) is 0.386. The van der Waals surface area contributed by atoms with Crippen LogP contribution in [-0.4, -0.2) is 42.0 Å². The topological polar surface area (TPSA) is 153 Å². The lowest BCUT2D eigenvalue weighted by molar-refractivity contribution is -0.121. The summed E-state index contributed by atoms with van der Waals surface area (Å²) in [5.41, 5.74) is 7.45. The van der Waals surface area contributed by atoms with E-state index in [1.54, 1.807) is 39.0 Å². The summed E-state index contributed by atoms with van der Waals surface area (Å²) in [6.07, 6.45) is -0.600. The Morgan fingerprint density at radius 3 is 2.16 bits per heavy atom. The van der Waals surface area contributed by atoms with Crippen molar-refractivity contribution in [3.05, 3.63) is 60.7 Å². The van der Waals surface area contributed by atoms with E-state index in [9.17, 15) is 18.0 Å². The van der Waals surface area contributed by atoms with E-state index in [2.05, 4.69) is 20.0 Å². The monoisotopic (exact) mass is 539 g/mol. The van der Waals surface area contributed by atoms with Crippen LogP contribution in [-0.2, 0) is 19.6 Å². The molecule has 1 heterocycles. The number of sulfonamides is 1. The number of rotatable bonds is 8. The van der Waals surface area contributed by atoms with Crippen LogP contribution in [0.15, 0.2) is 65.6 Å². The molecule has 0 fully saturated rings. The summed E-state index contributed by atoms with van der Waals surface area (Å²) in [6, 6.07) is 15.9. The van der Waals surface area contributed by atoms with Gasteiger partial charge in [-0.15, -0.1) is 0 Å². The zero-order valence-electron chi connectivity index (χ0n) is 22.1. The summed E-state index contributed by atoms with van der Waals surface area (Å²) in [5, 5.41) is 2.48. The maximum absolute atomic E-state index is 13.2. The second-order valence-electron chi connectivity index (χ2n) is 10.2. The Morgan fingerprint density at radius 1 is 0.947 bits per heavy atom. The zero-order valence-corrected chi connectivity index (χ0v) is 22.9. The molecule has 0 saturated heterocycles. The number of anilines is 1. The molecule has 38 heavy (non-hydrogen) atoms. The van der Waals surface area contributed by atoms with Crippen LogP contribution in [0.2, 0.25) is 0 Å². The van der Waals surface area contributed by atoms with Gasteiger partial charge in [-0.2, -0.15) is 0 Å². The number of hydrogen-bond acceptors (Lipinski definition) is 8. The predicted octanol–water partition coefficient (Wildman–Crippen LogP) is 4.14. The van der Waals surface area contributed by atoms with Crippen molar-refractivity contribution in [1.29, 1.82) is 0 Å². The largest absolute Gasteiger partial charge is 0.444 e. The fraction of sp³-hybridized carbons (Fsp3) is 0.333. The van der Waals surface area contributed by atoms with Gasteiger partial charge in [-0.1, -0.05) is 56.3 Å². The smallest absolute Gasteiger partial charge is 0.408 e.